The third-order valence-corrected chi connectivity index (χ3v) is 8.53. The Balaban J connectivity index is 0.000000214. The molecule has 6 rings (SSSR count). The van der Waals surface area contributed by atoms with Gasteiger partial charge in [-0.25, -0.2) is 19.0 Å². The molecule has 14 heteroatoms. The minimum absolute atomic E-state index is 0.00229. The van der Waals surface area contributed by atoms with Crippen LogP contribution in [0, 0.1) is 0 Å². The van der Waals surface area contributed by atoms with Gasteiger partial charge in [-0.3, -0.25) is 19.2 Å². The van der Waals surface area contributed by atoms with Crippen LogP contribution in [-0.2, 0) is 13.1 Å². The van der Waals surface area contributed by atoms with Gasteiger partial charge in [0, 0.05) is 29.9 Å². The van der Waals surface area contributed by atoms with E-state index < -0.39 is 23.1 Å². The van der Waals surface area contributed by atoms with E-state index >= 15 is 0 Å². The van der Waals surface area contributed by atoms with Crippen LogP contribution in [0.15, 0.2) is 119 Å². The van der Waals surface area contributed by atoms with Crippen LogP contribution in [0.5, 0.6) is 0 Å². The summed E-state index contributed by atoms with van der Waals surface area (Å²) in [7, 11) is 0. The number of aromatic nitrogens is 4. The van der Waals surface area contributed by atoms with Crippen molar-refractivity contribution in [2.45, 2.75) is 40.8 Å². The maximum Gasteiger partial charge on any atom is 0.337 e. The van der Waals surface area contributed by atoms with Gasteiger partial charge in [-0.05, 0) is 64.1 Å². The fraction of sp³-hybridized carbons (Fsp3) is 0.143. The van der Waals surface area contributed by atoms with Crippen molar-refractivity contribution in [2.75, 3.05) is 10.6 Å². The van der Waals surface area contributed by atoms with Crippen LogP contribution < -0.4 is 21.8 Å². The number of carbonyl (C=O) groups is 4. The number of ketones is 2. The summed E-state index contributed by atoms with van der Waals surface area (Å²) in [5, 5.41) is 33.1. The fourth-order valence-electron chi connectivity index (χ4n) is 5.84. The largest absolute Gasteiger partial charge is 0.478 e. The van der Waals surface area contributed by atoms with Gasteiger partial charge in [0.15, 0.2) is 11.6 Å². The molecule has 2 aromatic heterocycles. The third kappa shape index (κ3) is 8.66. The van der Waals surface area contributed by atoms with Crippen LogP contribution in [0.3, 0.4) is 0 Å². The molecule has 0 aliphatic rings. The Morgan fingerprint density at radius 3 is 1.41 bits per heavy atom. The smallest absolute Gasteiger partial charge is 0.337 e. The summed E-state index contributed by atoms with van der Waals surface area (Å²) >= 11 is 0. The Morgan fingerprint density at radius 2 is 1.00 bits per heavy atom. The zero-order valence-electron chi connectivity index (χ0n) is 30.9. The van der Waals surface area contributed by atoms with E-state index in [9.17, 15) is 33.9 Å². The summed E-state index contributed by atoms with van der Waals surface area (Å²) in [4.78, 5) is 73.3. The Morgan fingerprint density at radius 1 is 0.571 bits per heavy atom. The van der Waals surface area contributed by atoms with Gasteiger partial charge in [0.05, 0.1) is 27.9 Å². The van der Waals surface area contributed by atoms with Crippen molar-refractivity contribution in [3.63, 3.8) is 0 Å². The molecule has 0 atom stereocenters. The van der Waals surface area contributed by atoms with Crippen LogP contribution >= 0.6 is 0 Å². The quantitative estimate of drug-likeness (QED) is 0.0921. The van der Waals surface area contributed by atoms with Gasteiger partial charge >= 0.3 is 11.9 Å². The van der Waals surface area contributed by atoms with Gasteiger partial charge < -0.3 is 20.8 Å². The first-order valence-corrected chi connectivity index (χ1v) is 17.5. The highest BCUT2D eigenvalue weighted by Crippen LogP contribution is 2.30. The SMILES string of the molecule is CCn1nc(-c2ccccc2)c(C(C)=O)c(Nc2ccc(C(=O)O)cc2)c1=O.CCn1nc(-c2ccccc2)c(C(C)=O)c(Nc2ccccc2C(=O)O)c1=O. The minimum atomic E-state index is -1.14. The van der Waals surface area contributed by atoms with E-state index in [0.29, 0.717) is 35.7 Å². The van der Waals surface area contributed by atoms with E-state index in [2.05, 4.69) is 20.8 Å². The summed E-state index contributed by atoms with van der Waals surface area (Å²) in [5.41, 5.74) is 2.57. The monoisotopic (exact) mass is 754 g/mol. The first kappa shape index (κ1) is 39.7. The summed E-state index contributed by atoms with van der Waals surface area (Å²) < 4.78 is 2.54. The Kier molecular flexibility index (Phi) is 12.5. The Hall–Kier alpha value is -7.48. The van der Waals surface area contributed by atoms with Crippen molar-refractivity contribution in [1.29, 1.82) is 0 Å². The number of nitrogens with one attached hydrogen (secondary N) is 2. The second-order valence-electron chi connectivity index (χ2n) is 12.3. The summed E-state index contributed by atoms with van der Waals surface area (Å²) in [6.07, 6.45) is 0. The molecule has 56 heavy (non-hydrogen) atoms. The molecule has 6 aromatic rings. The standard InChI is InChI=1S/2C21H19N3O4/c1-3-24-20(26)19(22-16-12-8-7-11-15(16)21(27)28)17(13(2)25)18(23-24)14-9-5-4-6-10-14;1-3-24-20(26)19(22-16-11-9-15(10-12-16)21(27)28)17(13(2)25)18(23-24)14-7-5-4-6-8-14/h2*4-12,22H,3H2,1-2H3,(H,27,28). The molecule has 0 radical (unpaired) electrons. The highest BCUT2D eigenvalue weighted by atomic mass is 16.4. The van der Waals surface area contributed by atoms with Gasteiger partial charge in [0.1, 0.15) is 22.8 Å². The number of carbonyl (C=O) groups excluding carboxylic acids is 2. The van der Waals surface area contributed by atoms with E-state index in [1.54, 1.807) is 56.3 Å². The van der Waals surface area contributed by atoms with E-state index in [1.807, 2.05) is 48.5 Å². The number of carboxylic acid groups (broad SMARTS) is 2. The van der Waals surface area contributed by atoms with Gasteiger partial charge in [-0.2, -0.15) is 10.2 Å². The molecular weight excluding hydrogens is 716 g/mol. The third-order valence-electron chi connectivity index (χ3n) is 8.53. The van der Waals surface area contributed by atoms with Gasteiger partial charge in [-0.1, -0.05) is 72.8 Å². The molecule has 0 aliphatic carbocycles. The number of benzene rings is 4. The van der Waals surface area contributed by atoms with Crippen LogP contribution in [-0.4, -0.2) is 53.3 Å². The molecule has 14 nitrogen and oxygen atoms in total. The zero-order valence-corrected chi connectivity index (χ0v) is 30.9. The van der Waals surface area contributed by atoms with Crippen LogP contribution in [0.4, 0.5) is 22.7 Å². The molecule has 4 aromatic carbocycles. The lowest BCUT2D eigenvalue weighted by Crippen LogP contribution is -2.28. The van der Waals surface area contributed by atoms with Crippen molar-refractivity contribution < 1.29 is 29.4 Å². The first-order chi connectivity index (χ1) is 26.9. The number of anilines is 4. The normalized spacial score (nSPS) is 10.5. The van der Waals surface area contributed by atoms with Gasteiger partial charge in [-0.15, -0.1) is 0 Å². The maximum absolute atomic E-state index is 12.9. The average molecular weight is 755 g/mol. The molecule has 0 unspecified atom stereocenters. The summed E-state index contributed by atoms with van der Waals surface area (Å²) in [6, 6.07) is 30.4. The number of para-hydroxylation sites is 1. The van der Waals surface area contributed by atoms with E-state index in [-0.39, 0.29) is 50.9 Å². The Labute approximate surface area is 320 Å². The van der Waals surface area contributed by atoms with E-state index in [0.717, 1.165) is 5.56 Å². The predicted molar refractivity (Wildman–Crippen MR) is 213 cm³/mol. The minimum Gasteiger partial charge on any atom is -0.478 e. The van der Waals surface area contributed by atoms with Crippen molar-refractivity contribution in [3.05, 3.63) is 152 Å². The summed E-state index contributed by atoms with van der Waals surface area (Å²) in [5.74, 6) is -2.82. The average Bonchev–Trinajstić information content (AvgIpc) is 3.20. The number of aryl methyl sites for hydroxylation is 2. The molecule has 0 bridgehead atoms. The van der Waals surface area contributed by atoms with Crippen LogP contribution in [0.1, 0.15) is 69.1 Å². The number of hydrogen-bond acceptors (Lipinski definition) is 10. The number of Topliss-reactive ketones (excluding diaryl/α,β-unsaturated/α-hetero) is 2. The van der Waals surface area contributed by atoms with Gasteiger partial charge in [0.2, 0.25) is 0 Å². The zero-order chi connectivity index (χ0) is 40.5. The molecular formula is C42H38N6O8. The van der Waals surface area contributed by atoms with Crippen LogP contribution in [0.2, 0.25) is 0 Å². The highest BCUT2D eigenvalue weighted by Gasteiger charge is 2.24. The second kappa shape index (κ2) is 17.6. The molecule has 0 aliphatic heterocycles. The van der Waals surface area contributed by atoms with Crippen molar-refractivity contribution in [2.24, 2.45) is 0 Å². The molecule has 0 saturated heterocycles. The van der Waals surface area contributed by atoms with Crippen molar-refractivity contribution in [3.8, 4) is 22.5 Å². The molecule has 0 spiro atoms. The molecule has 2 heterocycles. The fourth-order valence-corrected chi connectivity index (χ4v) is 5.84. The molecule has 0 amide bonds. The number of aromatic carboxylic acids is 2. The summed E-state index contributed by atoms with van der Waals surface area (Å²) in [6.45, 7) is 6.94. The number of rotatable bonds is 12. The number of carboxylic acids is 2. The molecule has 4 N–H and O–H groups in total. The molecule has 284 valence electrons. The lowest BCUT2D eigenvalue weighted by atomic mass is 10.0. The lowest BCUT2D eigenvalue weighted by Gasteiger charge is -2.17. The lowest BCUT2D eigenvalue weighted by molar-refractivity contribution is 0.0686. The van der Waals surface area contributed by atoms with E-state index in [4.69, 9.17) is 5.11 Å². The first-order valence-electron chi connectivity index (χ1n) is 17.5. The number of nitrogens with zero attached hydrogens (tertiary/aromatic N) is 4. The second-order valence-corrected chi connectivity index (χ2v) is 12.3. The van der Waals surface area contributed by atoms with Crippen molar-refractivity contribution in [1.82, 2.24) is 19.6 Å². The van der Waals surface area contributed by atoms with Gasteiger partial charge in [0.25, 0.3) is 11.1 Å². The molecule has 0 fully saturated rings. The number of hydrogen-bond donors (Lipinski definition) is 4. The van der Waals surface area contributed by atoms with E-state index in [1.165, 1.54) is 41.4 Å². The molecule has 0 saturated carbocycles. The van der Waals surface area contributed by atoms with Crippen molar-refractivity contribution >= 4 is 46.3 Å². The maximum atomic E-state index is 12.9. The topological polar surface area (TPSA) is 203 Å². The van der Waals surface area contributed by atoms with Crippen LogP contribution in [0.25, 0.3) is 22.5 Å². The Bertz CT molecular complexity index is 2550. The highest BCUT2D eigenvalue weighted by molar-refractivity contribution is 6.06. The predicted octanol–water partition coefficient (Wildman–Crippen LogP) is 7.15.